The Morgan fingerprint density at radius 3 is 2.46 bits per heavy atom. The first-order chi connectivity index (χ1) is 18.9. The number of halogens is 1. The zero-order chi connectivity index (χ0) is 27.8. The first-order valence-corrected chi connectivity index (χ1v) is 13.8. The molecule has 1 aromatic heterocycles. The highest BCUT2D eigenvalue weighted by Gasteiger charge is 2.26. The molecular formula is C31H30FNO5S. The number of carboxylic acids is 1. The van der Waals surface area contributed by atoms with Gasteiger partial charge < -0.3 is 19.6 Å². The van der Waals surface area contributed by atoms with Gasteiger partial charge in [0, 0.05) is 16.4 Å². The van der Waals surface area contributed by atoms with E-state index in [4.69, 9.17) is 9.15 Å². The molecule has 1 heterocycles. The standard InChI is InChI=1S/C31H30FNO5S/c1-20-8-3-4-11-25(20)26-12-5-6-13-27(26)30(34)33-28(31(35)36)17-24(39-2)19-37-18-23-14-15-29(38-23)21-9-7-10-22(32)16-21/h3-16,24,28H,17-19H2,1-2H3,(H,33,34)(H,35,36). The van der Waals surface area contributed by atoms with Crippen molar-refractivity contribution in [3.05, 3.63) is 108 Å². The van der Waals surface area contributed by atoms with Crippen molar-refractivity contribution in [2.75, 3.05) is 12.9 Å². The van der Waals surface area contributed by atoms with Crippen LogP contribution in [0.4, 0.5) is 4.39 Å². The summed E-state index contributed by atoms with van der Waals surface area (Å²) in [5.41, 5.74) is 3.74. The summed E-state index contributed by atoms with van der Waals surface area (Å²) in [6.45, 7) is 2.41. The van der Waals surface area contributed by atoms with Gasteiger partial charge in [0.2, 0.25) is 0 Å². The van der Waals surface area contributed by atoms with Crippen LogP contribution in [0, 0.1) is 12.7 Å². The van der Waals surface area contributed by atoms with Crippen LogP contribution in [0.25, 0.3) is 22.5 Å². The van der Waals surface area contributed by atoms with Crippen LogP contribution in [0.5, 0.6) is 0 Å². The van der Waals surface area contributed by atoms with Crippen molar-refractivity contribution < 1.29 is 28.2 Å². The number of carbonyl (C=O) groups is 2. The molecule has 0 fully saturated rings. The number of amides is 1. The highest BCUT2D eigenvalue weighted by molar-refractivity contribution is 7.99. The van der Waals surface area contributed by atoms with Gasteiger partial charge in [-0.2, -0.15) is 11.8 Å². The van der Waals surface area contributed by atoms with E-state index in [0.29, 0.717) is 22.6 Å². The monoisotopic (exact) mass is 547 g/mol. The molecular weight excluding hydrogens is 517 g/mol. The molecule has 3 aromatic carbocycles. The Morgan fingerprint density at radius 1 is 1.00 bits per heavy atom. The van der Waals surface area contributed by atoms with Crippen LogP contribution in [0.3, 0.4) is 0 Å². The summed E-state index contributed by atoms with van der Waals surface area (Å²) in [7, 11) is 0. The molecule has 4 rings (SSSR count). The molecule has 8 heteroatoms. The minimum Gasteiger partial charge on any atom is -0.480 e. The van der Waals surface area contributed by atoms with Crippen molar-refractivity contribution in [1.82, 2.24) is 5.32 Å². The van der Waals surface area contributed by atoms with Crippen molar-refractivity contribution in [2.24, 2.45) is 0 Å². The molecule has 1 amide bonds. The number of aryl methyl sites for hydroxylation is 1. The molecule has 6 nitrogen and oxygen atoms in total. The highest BCUT2D eigenvalue weighted by atomic mass is 32.2. The Bertz CT molecular complexity index is 1440. The third kappa shape index (κ3) is 7.37. The number of ether oxygens (including phenoxy) is 1. The van der Waals surface area contributed by atoms with E-state index in [1.54, 1.807) is 36.4 Å². The second-order valence-corrected chi connectivity index (χ2v) is 10.2. The maximum Gasteiger partial charge on any atom is 0.326 e. The minimum atomic E-state index is -1.11. The molecule has 0 bridgehead atoms. The number of carboxylic acid groups (broad SMARTS) is 1. The topological polar surface area (TPSA) is 88.8 Å². The van der Waals surface area contributed by atoms with Gasteiger partial charge in [0.05, 0.1) is 6.61 Å². The second-order valence-electron chi connectivity index (χ2n) is 9.11. The summed E-state index contributed by atoms with van der Waals surface area (Å²) < 4.78 is 25.1. The SMILES string of the molecule is CSC(COCc1ccc(-c2cccc(F)c2)o1)CC(NC(=O)c1ccccc1-c1ccccc1C)C(=O)O. The number of nitrogens with one attached hydrogen (secondary N) is 1. The van der Waals surface area contributed by atoms with Gasteiger partial charge in [-0.15, -0.1) is 0 Å². The maximum absolute atomic E-state index is 13.5. The average molecular weight is 548 g/mol. The van der Waals surface area contributed by atoms with Crippen molar-refractivity contribution in [1.29, 1.82) is 0 Å². The van der Waals surface area contributed by atoms with Crippen molar-refractivity contribution in [2.45, 2.75) is 31.2 Å². The zero-order valence-electron chi connectivity index (χ0n) is 21.7. The summed E-state index contributed by atoms with van der Waals surface area (Å²) in [6.07, 6.45) is 2.05. The van der Waals surface area contributed by atoms with E-state index in [0.717, 1.165) is 16.7 Å². The minimum absolute atomic E-state index is 0.181. The van der Waals surface area contributed by atoms with Gasteiger partial charge in [-0.05, 0) is 66.6 Å². The van der Waals surface area contributed by atoms with Crippen LogP contribution >= 0.6 is 11.8 Å². The lowest BCUT2D eigenvalue weighted by Gasteiger charge is -2.21. The van der Waals surface area contributed by atoms with Crippen LogP contribution in [-0.2, 0) is 16.1 Å². The maximum atomic E-state index is 13.5. The van der Waals surface area contributed by atoms with Gasteiger partial charge in [-0.1, -0.05) is 54.6 Å². The smallest absolute Gasteiger partial charge is 0.326 e. The predicted molar refractivity (Wildman–Crippen MR) is 151 cm³/mol. The van der Waals surface area contributed by atoms with E-state index in [2.05, 4.69) is 5.32 Å². The Morgan fingerprint density at radius 2 is 1.74 bits per heavy atom. The van der Waals surface area contributed by atoms with Crippen LogP contribution in [0.1, 0.15) is 28.1 Å². The van der Waals surface area contributed by atoms with Gasteiger partial charge in [-0.3, -0.25) is 4.79 Å². The van der Waals surface area contributed by atoms with E-state index >= 15 is 0 Å². The molecule has 0 saturated carbocycles. The van der Waals surface area contributed by atoms with Crippen LogP contribution in [0.2, 0.25) is 0 Å². The fraction of sp³-hybridized carbons (Fsp3) is 0.226. The molecule has 2 atom stereocenters. The normalized spacial score (nSPS) is 12.6. The lowest BCUT2D eigenvalue weighted by molar-refractivity contribution is -0.139. The summed E-state index contributed by atoms with van der Waals surface area (Å²) in [4.78, 5) is 25.3. The van der Waals surface area contributed by atoms with E-state index in [1.807, 2.05) is 49.6 Å². The lowest BCUT2D eigenvalue weighted by Crippen LogP contribution is -2.43. The Hall–Kier alpha value is -3.88. The second kappa shape index (κ2) is 13.3. The van der Waals surface area contributed by atoms with E-state index in [9.17, 15) is 19.1 Å². The number of carbonyl (C=O) groups excluding carboxylic acids is 1. The molecule has 2 unspecified atom stereocenters. The molecule has 0 saturated heterocycles. The zero-order valence-corrected chi connectivity index (χ0v) is 22.5. The number of hydrogen-bond acceptors (Lipinski definition) is 5. The van der Waals surface area contributed by atoms with Crippen LogP contribution in [-0.4, -0.2) is 41.1 Å². The summed E-state index contributed by atoms with van der Waals surface area (Å²) in [5.74, 6) is -0.786. The molecule has 0 radical (unpaired) electrons. The fourth-order valence-corrected chi connectivity index (χ4v) is 4.90. The molecule has 0 aliphatic rings. The molecule has 0 spiro atoms. The summed E-state index contributed by atoms with van der Waals surface area (Å²) in [5, 5.41) is 12.4. The summed E-state index contributed by atoms with van der Waals surface area (Å²) in [6, 6.07) is 23.5. The van der Waals surface area contributed by atoms with Crippen molar-refractivity contribution in [3.63, 3.8) is 0 Å². The van der Waals surface area contributed by atoms with E-state index in [1.165, 1.54) is 23.9 Å². The molecule has 4 aromatic rings. The quantitative estimate of drug-likeness (QED) is 0.208. The fourth-order valence-electron chi connectivity index (χ4n) is 4.29. The van der Waals surface area contributed by atoms with E-state index in [-0.39, 0.29) is 30.7 Å². The number of aliphatic carboxylic acids is 1. The van der Waals surface area contributed by atoms with E-state index < -0.39 is 17.9 Å². The third-order valence-electron chi connectivity index (χ3n) is 6.36. The first kappa shape index (κ1) is 28.1. The molecule has 39 heavy (non-hydrogen) atoms. The average Bonchev–Trinajstić information content (AvgIpc) is 3.41. The first-order valence-electron chi connectivity index (χ1n) is 12.5. The third-order valence-corrected chi connectivity index (χ3v) is 7.36. The van der Waals surface area contributed by atoms with Gasteiger partial charge in [0.25, 0.3) is 5.91 Å². The lowest BCUT2D eigenvalue weighted by atomic mass is 9.95. The van der Waals surface area contributed by atoms with Crippen molar-refractivity contribution >= 4 is 23.6 Å². The predicted octanol–water partition coefficient (Wildman–Crippen LogP) is 6.58. The molecule has 0 aliphatic heterocycles. The Balaban J connectivity index is 1.37. The Kier molecular flexibility index (Phi) is 9.57. The largest absolute Gasteiger partial charge is 0.480 e. The van der Waals surface area contributed by atoms with Gasteiger partial charge in [0.1, 0.15) is 30.0 Å². The van der Waals surface area contributed by atoms with Gasteiger partial charge in [0.15, 0.2) is 0 Å². The number of hydrogen-bond donors (Lipinski definition) is 2. The number of furan rings is 1. The van der Waals surface area contributed by atoms with Crippen molar-refractivity contribution in [3.8, 4) is 22.5 Å². The van der Waals surface area contributed by atoms with Crippen LogP contribution in [0.15, 0.2) is 89.3 Å². The highest BCUT2D eigenvalue weighted by Crippen LogP contribution is 2.27. The number of benzene rings is 3. The Labute approximate surface area is 231 Å². The molecule has 202 valence electrons. The summed E-state index contributed by atoms with van der Waals surface area (Å²) >= 11 is 1.47. The van der Waals surface area contributed by atoms with Crippen LogP contribution < -0.4 is 5.32 Å². The van der Waals surface area contributed by atoms with Gasteiger partial charge in [-0.25, -0.2) is 9.18 Å². The van der Waals surface area contributed by atoms with Gasteiger partial charge >= 0.3 is 5.97 Å². The number of thioether (sulfide) groups is 1. The number of rotatable bonds is 12. The molecule has 0 aliphatic carbocycles. The molecule has 2 N–H and O–H groups in total.